The molecule has 4 fully saturated rings. The zero-order valence-electron chi connectivity index (χ0n) is 17.8. The molecule has 2 aromatic rings. The molecule has 1 aromatic heterocycles. The summed E-state index contributed by atoms with van der Waals surface area (Å²) in [5, 5.41) is 11.8. The van der Waals surface area contributed by atoms with Crippen molar-refractivity contribution in [2.75, 3.05) is 7.11 Å². The fourth-order valence-electron chi connectivity index (χ4n) is 6.78. The van der Waals surface area contributed by atoms with E-state index in [1.54, 1.807) is 11.8 Å². The molecule has 4 aliphatic carbocycles. The summed E-state index contributed by atoms with van der Waals surface area (Å²) in [6.45, 7) is 2.96. The number of benzene rings is 1. The minimum atomic E-state index is -0.368. The van der Waals surface area contributed by atoms with Gasteiger partial charge < -0.3 is 9.47 Å². The molecule has 2 atom stereocenters. The third-order valence-corrected chi connectivity index (χ3v) is 7.57. The summed E-state index contributed by atoms with van der Waals surface area (Å²) in [5.74, 6) is 2.65. The Balaban J connectivity index is 1.37. The second-order valence-electron chi connectivity index (χ2n) is 9.64. The fourth-order valence-corrected chi connectivity index (χ4v) is 6.78. The molecule has 1 heterocycles. The summed E-state index contributed by atoms with van der Waals surface area (Å²) in [5.41, 5.74) is 1.06. The molecule has 4 aliphatic rings. The maximum Gasteiger partial charge on any atom is 0.312 e. The van der Waals surface area contributed by atoms with Crippen molar-refractivity contribution >= 4 is 5.97 Å². The molecule has 4 saturated carbocycles. The SMILES string of the molecule is CCCn1nnnc1COC(=O)C12CC3CC(C1)CC(c1ccc(OC)cc1)(C3)C2. The Morgan fingerprint density at radius 3 is 2.57 bits per heavy atom. The van der Waals surface area contributed by atoms with Gasteiger partial charge in [0.25, 0.3) is 0 Å². The molecular weight excluding hydrogens is 380 g/mol. The fraction of sp³-hybridized carbons (Fsp3) is 0.652. The van der Waals surface area contributed by atoms with E-state index in [1.165, 1.54) is 24.8 Å². The average molecular weight is 411 g/mol. The Kier molecular flexibility index (Phi) is 4.79. The van der Waals surface area contributed by atoms with Gasteiger partial charge in [-0.3, -0.25) is 4.79 Å². The van der Waals surface area contributed by atoms with Gasteiger partial charge in [0, 0.05) is 6.54 Å². The van der Waals surface area contributed by atoms with Crippen LogP contribution in [0.2, 0.25) is 0 Å². The van der Waals surface area contributed by atoms with Crippen LogP contribution in [0.1, 0.15) is 63.3 Å². The molecule has 0 N–H and O–H groups in total. The van der Waals surface area contributed by atoms with E-state index in [2.05, 4.69) is 34.6 Å². The van der Waals surface area contributed by atoms with E-state index in [-0.39, 0.29) is 23.4 Å². The molecule has 0 saturated heterocycles. The number of carbonyl (C=O) groups excluding carboxylic acids is 1. The van der Waals surface area contributed by atoms with Crippen LogP contribution in [0.15, 0.2) is 24.3 Å². The highest BCUT2D eigenvalue weighted by Crippen LogP contribution is 2.66. The zero-order chi connectivity index (χ0) is 20.8. The largest absolute Gasteiger partial charge is 0.497 e. The molecule has 7 nitrogen and oxygen atoms in total. The van der Waals surface area contributed by atoms with E-state index in [0.29, 0.717) is 17.7 Å². The first-order valence-electron chi connectivity index (χ1n) is 11.1. The molecule has 30 heavy (non-hydrogen) atoms. The molecule has 0 amide bonds. The van der Waals surface area contributed by atoms with Gasteiger partial charge in [-0.15, -0.1) is 5.10 Å². The van der Waals surface area contributed by atoms with Crippen molar-refractivity contribution in [3.63, 3.8) is 0 Å². The summed E-state index contributed by atoms with van der Waals surface area (Å²) >= 11 is 0. The number of rotatable bonds is 7. The van der Waals surface area contributed by atoms with Gasteiger partial charge in [-0.1, -0.05) is 19.1 Å². The Bertz CT molecular complexity index is 909. The minimum absolute atomic E-state index is 0.0551. The highest BCUT2D eigenvalue weighted by molar-refractivity contribution is 5.78. The molecule has 0 radical (unpaired) electrons. The topological polar surface area (TPSA) is 79.1 Å². The third-order valence-electron chi connectivity index (χ3n) is 7.57. The van der Waals surface area contributed by atoms with Crippen LogP contribution in [-0.2, 0) is 28.1 Å². The van der Waals surface area contributed by atoms with Crippen molar-refractivity contribution < 1.29 is 14.3 Å². The van der Waals surface area contributed by atoms with Crippen LogP contribution < -0.4 is 4.74 Å². The molecule has 6 rings (SSSR count). The third kappa shape index (κ3) is 3.19. The van der Waals surface area contributed by atoms with Gasteiger partial charge in [0.15, 0.2) is 12.4 Å². The van der Waals surface area contributed by atoms with Gasteiger partial charge in [-0.2, -0.15) is 0 Å². The van der Waals surface area contributed by atoms with E-state index < -0.39 is 0 Å². The summed E-state index contributed by atoms with van der Waals surface area (Å²) < 4.78 is 12.9. The van der Waals surface area contributed by atoms with Crippen molar-refractivity contribution in [2.24, 2.45) is 17.3 Å². The molecule has 0 spiro atoms. The number of ether oxygens (including phenoxy) is 2. The lowest BCUT2D eigenvalue weighted by atomic mass is 9.43. The normalized spacial score (nSPS) is 31.7. The number of aryl methyl sites for hydroxylation is 1. The van der Waals surface area contributed by atoms with Crippen LogP contribution in [0.5, 0.6) is 5.75 Å². The lowest BCUT2D eigenvalue weighted by molar-refractivity contribution is -0.175. The van der Waals surface area contributed by atoms with E-state index in [0.717, 1.165) is 38.0 Å². The Hall–Kier alpha value is -2.44. The lowest BCUT2D eigenvalue weighted by Gasteiger charge is -2.61. The molecule has 7 heteroatoms. The van der Waals surface area contributed by atoms with Crippen LogP contribution in [0.4, 0.5) is 0 Å². The van der Waals surface area contributed by atoms with Crippen LogP contribution in [0.3, 0.4) is 0 Å². The van der Waals surface area contributed by atoms with E-state index in [4.69, 9.17) is 9.47 Å². The zero-order valence-corrected chi connectivity index (χ0v) is 17.8. The number of methoxy groups -OCH3 is 1. The minimum Gasteiger partial charge on any atom is -0.497 e. The number of aromatic nitrogens is 4. The summed E-state index contributed by atoms with van der Waals surface area (Å²) in [6.07, 6.45) is 7.35. The molecule has 1 aromatic carbocycles. The van der Waals surface area contributed by atoms with E-state index in [9.17, 15) is 4.79 Å². The average Bonchev–Trinajstić information content (AvgIpc) is 3.18. The lowest BCUT2D eigenvalue weighted by Crippen LogP contribution is -2.57. The quantitative estimate of drug-likeness (QED) is 0.648. The first-order chi connectivity index (χ1) is 14.6. The van der Waals surface area contributed by atoms with Gasteiger partial charge in [-0.25, -0.2) is 4.68 Å². The highest BCUT2D eigenvalue weighted by atomic mass is 16.5. The van der Waals surface area contributed by atoms with Crippen LogP contribution >= 0.6 is 0 Å². The maximum absolute atomic E-state index is 13.4. The standard InChI is InChI=1S/C23H30N4O3/c1-3-8-27-20(24-25-26-27)14-30-21(28)23-12-16-9-17(13-23)11-22(10-16,15-23)18-4-6-19(29-2)7-5-18/h4-7,16-17H,3,8-15H2,1-2H3. The second-order valence-corrected chi connectivity index (χ2v) is 9.64. The molecule has 4 bridgehead atoms. The number of hydrogen-bond acceptors (Lipinski definition) is 6. The summed E-state index contributed by atoms with van der Waals surface area (Å²) in [4.78, 5) is 13.4. The monoisotopic (exact) mass is 410 g/mol. The number of nitrogens with zero attached hydrogens (tertiary/aromatic N) is 4. The molecule has 0 aliphatic heterocycles. The highest BCUT2D eigenvalue weighted by Gasteiger charge is 2.61. The summed E-state index contributed by atoms with van der Waals surface area (Å²) in [7, 11) is 1.70. The Labute approximate surface area is 177 Å². The number of tetrazole rings is 1. The number of esters is 1. The van der Waals surface area contributed by atoms with Crippen molar-refractivity contribution in [3.8, 4) is 5.75 Å². The first-order valence-corrected chi connectivity index (χ1v) is 11.1. The molecule has 160 valence electrons. The van der Waals surface area contributed by atoms with E-state index >= 15 is 0 Å². The van der Waals surface area contributed by atoms with Crippen LogP contribution in [0.25, 0.3) is 0 Å². The van der Waals surface area contributed by atoms with Crippen molar-refractivity contribution in [3.05, 3.63) is 35.7 Å². The molecular formula is C23H30N4O3. The van der Waals surface area contributed by atoms with Crippen molar-refractivity contribution in [1.82, 2.24) is 20.2 Å². The van der Waals surface area contributed by atoms with Gasteiger partial charge in [0.1, 0.15) is 5.75 Å². The Morgan fingerprint density at radius 2 is 1.90 bits per heavy atom. The van der Waals surface area contributed by atoms with Crippen LogP contribution in [-0.4, -0.2) is 33.3 Å². The van der Waals surface area contributed by atoms with Crippen LogP contribution in [0, 0.1) is 17.3 Å². The first kappa shape index (κ1) is 19.5. The molecule has 2 unspecified atom stereocenters. The maximum atomic E-state index is 13.4. The predicted octanol–water partition coefficient (Wildman–Crippen LogP) is 3.67. The Morgan fingerprint density at radius 1 is 1.17 bits per heavy atom. The van der Waals surface area contributed by atoms with Crippen molar-refractivity contribution in [1.29, 1.82) is 0 Å². The number of hydrogen-bond donors (Lipinski definition) is 0. The van der Waals surface area contributed by atoms with Gasteiger partial charge >= 0.3 is 5.97 Å². The smallest absolute Gasteiger partial charge is 0.312 e. The van der Waals surface area contributed by atoms with Gasteiger partial charge in [-0.05, 0) is 90.3 Å². The van der Waals surface area contributed by atoms with Crippen molar-refractivity contribution in [2.45, 2.75) is 70.4 Å². The van der Waals surface area contributed by atoms with Gasteiger partial charge in [0.2, 0.25) is 0 Å². The number of carbonyl (C=O) groups is 1. The second kappa shape index (κ2) is 7.36. The summed E-state index contributed by atoms with van der Waals surface area (Å²) in [6, 6.07) is 8.49. The van der Waals surface area contributed by atoms with E-state index in [1.807, 2.05) is 12.1 Å². The predicted molar refractivity (Wildman–Crippen MR) is 110 cm³/mol. The van der Waals surface area contributed by atoms with Gasteiger partial charge in [0.05, 0.1) is 12.5 Å².